The normalized spacial score (nSPS) is 12.9. The molecule has 40 valence electrons. The molecule has 7 heavy (non-hydrogen) atoms. The van der Waals surface area contributed by atoms with Crippen LogP contribution in [0, 0.1) is 0 Å². The van der Waals surface area contributed by atoms with Crippen molar-refractivity contribution < 1.29 is 5.11 Å². The van der Waals surface area contributed by atoms with Gasteiger partial charge in [0.1, 0.15) is 0 Å². The average molecular weight is 98.1 g/mol. The number of aliphatic hydroxyl groups excluding tert-OH is 1. The van der Waals surface area contributed by atoms with Gasteiger partial charge in [-0.25, -0.2) is 0 Å². The zero-order valence-corrected chi connectivity index (χ0v) is 4.73. The van der Waals surface area contributed by atoms with Crippen molar-refractivity contribution in [3.8, 4) is 0 Å². The summed E-state index contributed by atoms with van der Waals surface area (Å²) in [6, 6.07) is 0. The molecular weight excluding hydrogens is 88.1 g/mol. The summed E-state index contributed by atoms with van der Waals surface area (Å²) < 4.78 is 0. The lowest BCUT2D eigenvalue weighted by molar-refractivity contribution is 0.409. The van der Waals surface area contributed by atoms with Crippen molar-refractivity contribution in [2.24, 2.45) is 0 Å². The molecule has 0 saturated heterocycles. The molecule has 0 radical (unpaired) electrons. The monoisotopic (exact) mass is 98.1 g/mol. The second-order valence-electron chi connectivity index (χ2n) is 1.47. The summed E-state index contributed by atoms with van der Waals surface area (Å²) in [4.78, 5) is 0. The smallest absolute Gasteiger partial charge is 0.0920 e. The Balaban J connectivity index is 3.98. The van der Waals surface area contributed by atoms with E-state index in [4.69, 9.17) is 5.11 Å². The molecule has 0 aromatic heterocycles. The van der Waals surface area contributed by atoms with Crippen molar-refractivity contribution in [2.45, 2.75) is 13.8 Å². The van der Waals surface area contributed by atoms with Gasteiger partial charge in [-0.15, -0.1) is 0 Å². The van der Waals surface area contributed by atoms with Crippen LogP contribution < -0.4 is 0 Å². The molecule has 0 aliphatic heterocycles. The summed E-state index contributed by atoms with van der Waals surface area (Å²) in [5.41, 5.74) is 0.833. The van der Waals surface area contributed by atoms with E-state index in [-0.39, 0.29) is 0 Å². The van der Waals surface area contributed by atoms with Crippen molar-refractivity contribution in [3.05, 3.63) is 24.0 Å². The van der Waals surface area contributed by atoms with Crippen molar-refractivity contribution in [1.29, 1.82) is 0 Å². The molecule has 1 nitrogen and oxygen atoms in total. The summed E-state index contributed by atoms with van der Waals surface area (Å²) >= 11 is 0. The maximum atomic E-state index is 8.63. The van der Waals surface area contributed by atoms with Gasteiger partial charge in [0.25, 0.3) is 0 Å². The fourth-order valence-electron chi connectivity index (χ4n) is 0.148. The Hall–Kier alpha value is -0.720. The Bertz CT molecular complexity index is 96.7. The predicted octanol–water partition coefficient (Wildman–Crippen LogP) is 2.02. The van der Waals surface area contributed by atoms with Gasteiger partial charge >= 0.3 is 0 Å². The topological polar surface area (TPSA) is 20.2 Å². The second kappa shape index (κ2) is 2.45. The highest BCUT2D eigenvalue weighted by Crippen LogP contribution is 1.97. The van der Waals surface area contributed by atoms with Crippen LogP contribution in [0.25, 0.3) is 0 Å². The third kappa shape index (κ3) is 2.04. The molecule has 1 N–H and O–H groups in total. The molecule has 0 amide bonds. The molecule has 0 atom stereocenters. The summed E-state index contributed by atoms with van der Waals surface area (Å²) in [5.74, 6) is 0.343. The third-order valence-corrected chi connectivity index (χ3v) is 0.877. The molecule has 0 bridgehead atoms. The molecule has 0 aromatic rings. The number of aliphatic hydroxyl groups is 1. The van der Waals surface area contributed by atoms with Crippen LogP contribution >= 0.6 is 0 Å². The van der Waals surface area contributed by atoms with Crippen LogP contribution in [0.1, 0.15) is 13.8 Å². The lowest BCUT2D eigenvalue weighted by Gasteiger charge is -1.89. The minimum absolute atomic E-state index is 0.343. The number of rotatable bonds is 1. The van der Waals surface area contributed by atoms with Crippen LogP contribution in [0.2, 0.25) is 0 Å². The van der Waals surface area contributed by atoms with Gasteiger partial charge in [0.15, 0.2) is 0 Å². The van der Waals surface area contributed by atoms with E-state index in [0.717, 1.165) is 5.57 Å². The van der Waals surface area contributed by atoms with Crippen molar-refractivity contribution in [2.75, 3.05) is 0 Å². The highest BCUT2D eigenvalue weighted by Gasteiger charge is 1.82. The van der Waals surface area contributed by atoms with Crippen LogP contribution in [0.4, 0.5) is 0 Å². The Morgan fingerprint density at radius 3 is 2.00 bits per heavy atom. The van der Waals surface area contributed by atoms with E-state index in [0.29, 0.717) is 5.76 Å². The third-order valence-electron chi connectivity index (χ3n) is 0.877. The first kappa shape index (κ1) is 6.28. The van der Waals surface area contributed by atoms with Crippen LogP contribution in [0.5, 0.6) is 0 Å². The zero-order valence-electron chi connectivity index (χ0n) is 4.73. The maximum absolute atomic E-state index is 8.63. The van der Waals surface area contributed by atoms with Gasteiger partial charge in [0.05, 0.1) is 5.76 Å². The van der Waals surface area contributed by atoms with Crippen molar-refractivity contribution >= 4 is 0 Å². The highest BCUT2D eigenvalue weighted by molar-refractivity contribution is 5.14. The molecule has 0 rings (SSSR count). The van der Waals surface area contributed by atoms with Gasteiger partial charge in [-0.3, -0.25) is 0 Å². The average Bonchev–Trinajstić information content (AvgIpc) is 1.65. The van der Waals surface area contributed by atoms with E-state index in [2.05, 4.69) is 6.58 Å². The molecule has 0 saturated carbocycles. The fourth-order valence-corrected chi connectivity index (χ4v) is 0.148. The molecule has 1 heteroatoms. The van der Waals surface area contributed by atoms with E-state index < -0.39 is 0 Å². The summed E-state index contributed by atoms with van der Waals surface area (Å²) in [7, 11) is 0. The number of allylic oxidation sites excluding steroid dienone is 3. The molecule has 0 heterocycles. The number of hydrogen-bond donors (Lipinski definition) is 1. The minimum atomic E-state index is 0.343. The van der Waals surface area contributed by atoms with Crippen molar-refractivity contribution in [1.82, 2.24) is 0 Å². The van der Waals surface area contributed by atoms with Crippen LogP contribution in [0.3, 0.4) is 0 Å². The Morgan fingerprint density at radius 2 is 2.00 bits per heavy atom. The number of hydrogen-bond acceptors (Lipinski definition) is 1. The van der Waals surface area contributed by atoms with Crippen LogP contribution in [-0.2, 0) is 0 Å². The fraction of sp³-hybridized carbons (Fsp3) is 0.333. The van der Waals surface area contributed by atoms with Crippen LogP contribution in [-0.4, -0.2) is 5.11 Å². The Labute approximate surface area is 44.0 Å². The lowest BCUT2D eigenvalue weighted by atomic mass is 10.3. The quantitative estimate of drug-likeness (QED) is 0.393. The van der Waals surface area contributed by atoms with Gasteiger partial charge in [-0.1, -0.05) is 12.7 Å². The maximum Gasteiger partial charge on any atom is 0.0920 e. The van der Waals surface area contributed by atoms with Gasteiger partial charge in [0, 0.05) is 0 Å². The molecule has 0 spiro atoms. The molecule has 0 aromatic carbocycles. The first-order valence-corrected chi connectivity index (χ1v) is 2.17. The molecule has 0 unspecified atom stereocenters. The van der Waals surface area contributed by atoms with Gasteiger partial charge in [-0.2, -0.15) is 0 Å². The van der Waals surface area contributed by atoms with Gasteiger partial charge in [-0.05, 0) is 19.4 Å². The van der Waals surface area contributed by atoms with Crippen molar-refractivity contribution in [3.63, 3.8) is 0 Å². The zero-order chi connectivity index (χ0) is 5.86. The Morgan fingerprint density at radius 1 is 1.57 bits per heavy atom. The molecular formula is C6H10O. The molecule has 0 aliphatic rings. The largest absolute Gasteiger partial charge is 0.512 e. The van der Waals surface area contributed by atoms with E-state index >= 15 is 0 Å². The predicted molar refractivity (Wildman–Crippen MR) is 31.2 cm³/mol. The highest BCUT2D eigenvalue weighted by atomic mass is 16.3. The standard InChI is InChI=1S/C6H10O/c1-4-5(2)6(3)7/h4,7H,1H2,2-3H3/b6-5-. The molecule has 0 aliphatic carbocycles. The van der Waals surface area contributed by atoms with E-state index in [1.807, 2.05) is 6.92 Å². The lowest BCUT2D eigenvalue weighted by Crippen LogP contribution is -1.74. The minimum Gasteiger partial charge on any atom is -0.512 e. The van der Waals surface area contributed by atoms with Crippen LogP contribution in [0.15, 0.2) is 24.0 Å². The first-order chi connectivity index (χ1) is 3.18. The van der Waals surface area contributed by atoms with E-state index in [1.54, 1.807) is 13.0 Å². The molecule has 0 fully saturated rings. The second-order valence-corrected chi connectivity index (χ2v) is 1.47. The summed E-state index contributed by atoms with van der Waals surface area (Å²) in [5, 5.41) is 8.63. The summed E-state index contributed by atoms with van der Waals surface area (Å²) in [6.45, 7) is 6.91. The van der Waals surface area contributed by atoms with Gasteiger partial charge in [0.2, 0.25) is 0 Å². The SMILES string of the molecule is C=C/C(C)=C(/C)O. The Kier molecular flexibility index (Phi) is 2.20. The van der Waals surface area contributed by atoms with E-state index in [1.165, 1.54) is 0 Å². The van der Waals surface area contributed by atoms with Gasteiger partial charge < -0.3 is 5.11 Å². The first-order valence-electron chi connectivity index (χ1n) is 2.17. The summed E-state index contributed by atoms with van der Waals surface area (Å²) in [6.07, 6.45) is 1.62. The van der Waals surface area contributed by atoms with E-state index in [9.17, 15) is 0 Å².